The Morgan fingerprint density at radius 2 is 1.88 bits per heavy atom. The molecule has 0 bridgehead atoms. The van der Waals surface area contributed by atoms with Crippen LogP contribution in [-0.2, 0) is 0 Å². The van der Waals surface area contributed by atoms with Gasteiger partial charge in [-0.3, -0.25) is 0 Å². The molecule has 16 heavy (non-hydrogen) atoms. The van der Waals surface area contributed by atoms with Gasteiger partial charge in [-0.2, -0.15) is 0 Å². The normalized spacial score (nSPS) is 25.6. The van der Waals surface area contributed by atoms with Gasteiger partial charge < -0.3 is 0 Å². The molecule has 0 spiro atoms. The molecule has 0 atom stereocenters. The van der Waals surface area contributed by atoms with E-state index in [1.807, 2.05) is 0 Å². The van der Waals surface area contributed by atoms with E-state index in [4.69, 9.17) is 0 Å². The van der Waals surface area contributed by atoms with E-state index in [0.29, 0.717) is 0 Å². The molecule has 1 saturated carbocycles. The summed E-state index contributed by atoms with van der Waals surface area (Å²) in [6.07, 6.45) is 8.53. The summed E-state index contributed by atoms with van der Waals surface area (Å²) >= 11 is 0. The molecule has 0 nitrogen and oxygen atoms in total. The van der Waals surface area contributed by atoms with E-state index < -0.39 is 0 Å². The molecule has 0 N–H and O–H groups in total. The monoisotopic (exact) mass is 216 g/mol. The van der Waals surface area contributed by atoms with E-state index in [1.54, 1.807) is 5.56 Å². The highest BCUT2D eigenvalue weighted by Crippen LogP contribution is 2.37. The van der Waals surface area contributed by atoms with Crippen molar-refractivity contribution in [2.75, 3.05) is 0 Å². The molecule has 0 aromatic heterocycles. The van der Waals surface area contributed by atoms with Crippen LogP contribution in [0.2, 0.25) is 0 Å². The lowest BCUT2D eigenvalue weighted by atomic mass is 9.77. The summed E-state index contributed by atoms with van der Waals surface area (Å²) in [6, 6.07) is 9.11. The molecule has 0 unspecified atom stereocenters. The molecule has 0 aliphatic heterocycles. The number of aryl methyl sites for hydroxylation is 1. The molecule has 2 rings (SSSR count). The topological polar surface area (TPSA) is 0 Å². The van der Waals surface area contributed by atoms with Crippen molar-refractivity contribution < 1.29 is 0 Å². The number of hydrogen-bond acceptors (Lipinski definition) is 0. The third kappa shape index (κ3) is 2.87. The Labute approximate surface area is 100 Å². The second-order valence-corrected chi connectivity index (χ2v) is 5.42. The summed E-state index contributed by atoms with van der Waals surface area (Å²) in [6.45, 7) is 4.51. The second-order valence-electron chi connectivity index (χ2n) is 5.42. The summed E-state index contributed by atoms with van der Waals surface area (Å²) < 4.78 is 0. The van der Waals surface area contributed by atoms with E-state index in [9.17, 15) is 0 Å². The summed E-state index contributed by atoms with van der Waals surface area (Å²) in [7, 11) is 0. The molecule has 1 aromatic rings. The fourth-order valence-electron chi connectivity index (χ4n) is 3.12. The summed E-state index contributed by atoms with van der Waals surface area (Å²) in [4.78, 5) is 0. The van der Waals surface area contributed by atoms with Crippen LogP contribution in [0.5, 0.6) is 0 Å². The van der Waals surface area contributed by atoms with Crippen LogP contribution in [0.25, 0.3) is 0 Å². The third-order valence-electron chi connectivity index (χ3n) is 4.06. The van der Waals surface area contributed by atoms with Crippen molar-refractivity contribution in [3.05, 3.63) is 35.4 Å². The largest absolute Gasteiger partial charge is 0.0654 e. The van der Waals surface area contributed by atoms with Gasteiger partial charge in [-0.15, -0.1) is 0 Å². The van der Waals surface area contributed by atoms with Crippen molar-refractivity contribution in [1.82, 2.24) is 0 Å². The summed E-state index contributed by atoms with van der Waals surface area (Å²) in [5.41, 5.74) is 2.99. The Bertz CT molecular complexity index is 319. The first-order valence-corrected chi connectivity index (χ1v) is 6.86. The quantitative estimate of drug-likeness (QED) is 0.662. The average Bonchev–Trinajstić information content (AvgIpc) is 2.30. The van der Waals surface area contributed by atoms with Gasteiger partial charge in [0.1, 0.15) is 0 Å². The number of benzene rings is 1. The van der Waals surface area contributed by atoms with Crippen LogP contribution >= 0.6 is 0 Å². The predicted octanol–water partition coefficient (Wildman–Crippen LogP) is 5.07. The molecule has 0 radical (unpaired) electrons. The van der Waals surface area contributed by atoms with Gasteiger partial charge >= 0.3 is 0 Å². The molecular weight excluding hydrogens is 192 g/mol. The molecular formula is C16H24. The van der Waals surface area contributed by atoms with Crippen molar-refractivity contribution in [2.24, 2.45) is 5.92 Å². The molecule has 1 aromatic carbocycles. The van der Waals surface area contributed by atoms with Crippen molar-refractivity contribution in [1.29, 1.82) is 0 Å². The zero-order chi connectivity index (χ0) is 11.4. The first kappa shape index (κ1) is 11.7. The van der Waals surface area contributed by atoms with E-state index in [-0.39, 0.29) is 0 Å². The van der Waals surface area contributed by atoms with Crippen LogP contribution in [0.3, 0.4) is 0 Å². The first-order chi connectivity index (χ1) is 7.79. The minimum Gasteiger partial charge on any atom is -0.0654 e. The van der Waals surface area contributed by atoms with Gasteiger partial charge in [-0.25, -0.2) is 0 Å². The maximum Gasteiger partial charge on any atom is -0.0162 e. The van der Waals surface area contributed by atoms with E-state index >= 15 is 0 Å². The number of rotatable bonds is 3. The van der Waals surface area contributed by atoms with Crippen LogP contribution in [0.1, 0.15) is 62.5 Å². The highest BCUT2D eigenvalue weighted by molar-refractivity contribution is 5.25. The molecule has 0 heteroatoms. The Hall–Kier alpha value is -0.780. The fraction of sp³-hybridized carbons (Fsp3) is 0.625. The lowest BCUT2D eigenvalue weighted by molar-refractivity contribution is 0.308. The first-order valence-electron chi connectivity index (χ1n) is 6.86. The number of hydrogen-bond donors (Lipinski definition) is 0. The smallest absolute Gasteiger partial charge is 0.0162 e. The van der Waals surface area contributed by atoms with Crippen molar-refractivity contribution in [3.63, 3.8) is 0 Å². The van der Waals surface area contributed by atoms with Crippen molar-refractivity contribution >= 4 is 0 Å². The molecule has 0 amide bonds. The molecule has 1 aliphatic carbocycles. The standard InChI is InChI=1S/C16H24/c1-3-5-14-8-10-15(11-9-14)16-7-4-6-13(2)12-16/h4,6-7,12,14-15H,3,5,8-11H2,1-2H3. The lowest BCUT2D eigenvalue weighted by Crippen LogP contribution is -2.13. The van der Waals surface area contributed by atoms with Gasteiger partial charge in [-0.1, -0.05) is 49.6 Å². The molecule has 0 saturated heterocycles. The lowest BCUT2D eigenvalue weighted by Gasteiger charge is -2.28. The Kier molecular flexibility index (Phi) is 4.04. The Balaban J connectivity index is 1.94. The highest BCUT2D eigenvalue weighted by Gasteiger charge is 2.21. The molecule has 88 valence electrons. The van der Waals surface area contributed by atoms with Crippen LogP contribution in [0.4, 0.5) is 0 Å². The second kappa shape index (κ2) is 5.52. The Morgan fingerprint density at radius 3 is 2.50 bits per heavy atom. The summed E-state index contributed by atoms with van der Waals surface area (Å²) in [5.74, 6) is 1.86. The van der Waals surface area contributed by atoms with E-state index in [0.717, 1.165) is 11.8 Å². The van der Waals surface area contributed by atoms with Crippen molar-refractivity contribution in [3.8, 4) is 0 Å². The summed E-state index contributed by atoms with van der Waals surface area (Å²) in [5, 5.41) is 0. The van der Waals surface area contributed by atoms with Crippen LogP contribution in [-0.4, -0.2) is 0 Å². The van der Waals surface area contributed by atoms with Crippen LogP contribution in [0, 0.1) is 12.8 Å². The maximum atomic E-state index is 2.38. The van der Waals surface area contributed by atoms with Gasteiger partial charge in [0.15, 0.2) is 0 Å². The zero-order valence-electron chi connectivity index (χ0n) is 10.7. The van der Waals surface area contributed by atoms with Crippen molar-refractivity contribution in [2.45, 2.75) is 58.3 Å². The molecule has 0 heterocycles. The van der Waals surface area contributed by atoms with Gasteiger partial charge in [-0.05, 0) is 50.0 Å². The zero-order valence-corrected chi connectivity index (χ0v) is 10.7. The fourth-order valence-corrected chi connectivity index (χ4v) is 3.12. The van der Waals surface area contributed by atoms with Gasteiger partial charge in [0.2, 0.25) is 0 Å². The minimum absolute atomic E-state index is 0.841. The van der Waals surface area contributed by atoms with E-state index in [1.165, 1.54) is 44.1 Å². The van der Waals surface area contributed by atoms with Gasteiger partial charge in [0.05, 0.1) is 0 Å². The average molecular weight is 216 g/mol. The maximum absolute atomic E-state index is 2.38. The van der Waals surface area contributed by atoms with Gasteiger partial charge in [0, 0.05) is 0 Å². The van der Waals surface area contributed by atoms with E-state index in [2.05, 4.69) is 38.1 Å². The third-order valence-corrected chi connectivity index (χ3v) is 4.06. The highest BCUT2D eigenvalue weighted by atomic mass is 14.3. The molecule has 1 fully saturated rings. The Morgan fingerprint density at radius 1 is 1.12 bits per heavy atom. The van der Waals surface area contributed by atoms with Crippen LogP contribution in [0.15, 0.2) is 24.3 Å². The predicted molar refractivity (Wildman–Crippen MR) is 70.8 cm³/mol. The van der Waals surface area contributed by atoms with Gasteiger partial charge in [0.25, 0.3) is 0 Å². The van der Waals surface area contributed by atoms with Crippen LogP contribution < -0.4 is 0 Å². The minimum atomic E-state index is 0.841. The molecule has 1 aliphatic rings. The SMILES string of the molecule is CCCC1CCC(c2cccc(C)c2)CC1.